The van der Waals surface area contributed by atoms with Crippen LogP contribution in [0.5, 0.6) is 0 Å². The molecule has 3 atom stereocenters. The fraction of sp³-hybridized carbons (Fsp3) is 1.00. The first-order valence-corrected chi connectivity index (χ1v) is 5.96. The van der Waals surface area contributed by atoms with Crippen LogP contribution in [0.25, 0.3) is 0 Å². The Labute approximate surface area is 83.5 Å². The minimum absolute atomic E-state index is 0.862. The zero-order chi connectivity index (χ0) is 9.84. The summed E-state index contributed by atoms with van der Waals surface area (Å²) in [6.07, 6.45) is 6.88. The summed E-state index contributed by atoms with van der Waals surface area (Å²) in [5.41, 5.74) is 0. The van der Waals surface area contributed by atoms with Gasteiger partial charge in [-0.05, 0) is 38.6 Å². The van der Waals surface area contributed by atoms with Crippen LogP contribution in [0.3, 0.4) is 0 Å². The topological polar surface area (TPSA) is 3.24 Å². The van der Waals surface area contributed by atoms with Crippen LogP contribution < -0.4 is 0 Å². The summed E-state index contributed by atoms with van der Waals surface area (Å²) in [4.78, 5) is 2.63. The van der Waals surface area contributed by atoms with Gasteiger partial charge in [0.15, 0.2) is 0 Å². The maximum atomic E-state index is 2.63. The van der Waals surface area contributed by atoms with Crippen LogP contribution in [0.2, 0.25) is 0 Å². The Bertz CT molecular complexity index is 144. The zero-order valence-corrected chi connectivity index (χ0v) is 9.71. The molecule has 1 fully saturated rings. The third-order valence-electron chi connectivity index (χ3n) is 3.77. The maximum Gasteiger partial charge on any atom is 0.0121 e. The lowest BCUT2D eigenvalue weighted by Crippen LogP contribution is -2.33. The van der Waals surface area contributed by atoms with Crippen molar-refractivity contribution in [3.05, 3.63) is 0 Å². The molecule has 0 aromatic carbocycles. The second-order valence-electron chi connectivity index (χ2n) is 4.49. The van der Waals surface area contributed by atoms with Crippen molar-refractivity contribution in [1.82, 2.24) is 4.90 Å². The van der Waals surface area contributed by atoms with E-state index >= 15 is 0 Å². The van der Waals surface area contributed by atoms with Crippen molar-refractivity contribution in [2.24, 2.45) is 5.92 Å². The molecule has 1 rings (SSSR count). The van der Waals surface area contributed by atoms with Gasteiger partial charge in [0.1, 0.15) is 0 Å². The van der Waals surface area contributed by atoms with E-state index in [4.69, 9.17) is 0 Å². The minimum Gasteiger partial charge on any atom is -0.300 e. The third kappa shape index (κ3) is 2.25. The number of likely N-dealkylation sites (tertiary alicyclic amines) is 1. The Morgan fingerprint density at radius 2 is 1.85 bits per heavy atom. The monoisotopic (exact) mass is 183 g/mol. The summed E-state index contributed by atoms with van der Waals surface area (Å²) in [5, 5.41) is 0. The van der Waals surface area contributed by atoms with E-state index in [9.17, 15) is 0 Å². The van der Waals surface area contributed by atoms with Crippen molar-refractivity contribution in [3.63, 3.8) is 0 Å². The molecule has 1 aliphatic rings. The van der Waals surface area contributed by atoms with Gasteiger partial charge in [0.05, 0.1) is 0 Å². The summed E-state index contributed by atoms with van der Waals surface area (Å²) in [5.74, 6) is 0.977. The molecule has 3 unspecified atom stereocenters. The van der Waals surface area contributed by atoms with Crippen molar-refractivity contribution in [2.45, 2.75) is 65.0 Å². The molecular weight excluding hydrogens is 158 g/mol. The highest BCUT2D eigenvalue weighted by molar-refractivity contribution is 4.90. The van der Waals surface area contributed by atoms with Gasteiger partial charge in [-0.2, -0.15) is 0 Å². The molecule has 1 heteroatoms. The van der Waals surface area contributed by atoms with Crippen LogP contribution in [-0.2, 0) is 0 Å². The van der Waals surface area contributed by atoms with Gasteiger partial charge < -0.3 is 4.90 Å². The summed E-state index contributed by atoms with van der Waals surface area (Å²) in [6.45, 7) is 6.97. The van der Waals surface area contributed by atoms with E-state index in [1.165, 1.54) is 32.1 Å². The lowest BCUT2D eigenvalue weighted by atomic mass is 9.92. The molecule has 0 saturated carbocycles. The molecule has 13 heavy (non-hydrogen) atoms. The largest absolute Gasteiger partial charge is 0.300 e. The number of nitrogens with zero attached hydrogens (tertiary/aromatic N) is 1. The van der Waals surface area contributed by atoms with Gasteiger partial charge >= 0.3 is 0 Å². The second-order valence-corrected chi connectivity index (χ2v) is 4.49. The highest BCUT2D eigenvalue weighted by atomic mass is 15.2. The van der Waals surface area contributed by atoms with Gasteiger partial charge in [0.2, 0.25) is 0 Å². The highest BCUT2D eigenvalue weighted by Gasteiger charge is 2.35. The fourth-order valence-electron chi connectivity index (χ4n) is 3.03. The summed E-state index contributed by atoms with van der Waals surface area (Å²) in [7, 11) is 2.32. The molecule has 1 nitrogen and oxygen atoms in total. The lowest BCUT2D eigenvalue weighted by Gasteiger charge is -2.26. The number of rotatable bonds is 4. The summed E-state index contributed by atoms with van der Waals surface area (Å²) < 4.78 is 0. The van der Waals surface area contributed by atoms with E-state index in [0.717, 1.165) is 18.0 Å². The van der Waals surface area contributed by atoms with Crippen LogP contribution >= 0.6 is 0 Å². The van der Waals surface area contributed by atoms with E-state index in [0.29, 0.717) is 0 Å². The molecule has 0 bridgehead atoms. The van der Waals surface area contributed by atoms with Crippen molar-refractivity contribution >= 4 is 0 Å². The van der Waals surface area contributed by atoms with Crippen LogP contribution in [-0.4, -0.2) is 24.0 Å². The maximum absolute atomic E-state index is 2.63. The van der Waals surface area contributed by atoms with Gasteiger partial charge in [-0.1, -0.05) is 27.2 Å². The molecule has 0 N–H and O–H groups in total. The molecule has 0 aromatic heterocycles. The van der Waals surface area contributed by atoms with Crippen molar-refractivity contribution in [3.8, 4) is 0 Å². The Kier molecular flexibility index (Phi) is 4.24. The molecular formula is C12H25N. The third-order valence-corrected chi connectivity index (χ3v) is 3.77. The first-order valence-electron chi connectivity index (χ1n) is 5.96. The van der Waals surface area contributed by atoms with Gasteiger partial charge in [-0.25, -0.2) is 0 Å². The summed E-state index contributed by atoms with van der Waals surface area (Å²) in [6, 6.07) is 1.73. The minimum atomic E-state index is 0.862. The number of hydrogen-bond acceptors (Lipinski definition) is 1. The molecule has 1 heterocycles. The van der Waals surface area contributed by atoms with Gasteiger partial charge in [0.25, 0.3) is 0 Å². The second kappa shape index (κ2) is 4.99. The van der Waals surface area contributed by atoms with Crippen LogP contribution in [0.15, 0.2) is 0 Å². The molecule has 1 saturated heterocycles. The predicted molar refractivity (Wildman–Crippen MR) is 58.9 cm³/mol. The average Bonchev–Trinajstić information content (AvgIpc) is 2.43. The average molecular weight is 183 g/mol. The zero-order valence-electron chi connectivity index (χ0n) is 9.71. The predicted octanol–water partition coefficient (Wildman–Crippen LogP) is 3.30. The van der Waals surface area contributed by atoms with Crippen LogP contribution in [0.4, 0.5) is 0 Å². The fourth-order valence-corrected chi connectivity index (χ4v) is 3.03. The smallest absolute Gasteiger partial charge is 0.0121 e. The van der Waals surface area contributed by atoms with Crippen molar-refractivity contribution in [2.75, 3.05) is 7.05 Å². The summed E-state index contributed by atoms with van der Waals surface area (Å²) >= 11 is 0. The van der Waals surface area contributed by atoms with E-state index in [1.54, 1.807) is 0 Å². The van der Waals surface area contributed by atoms with Gasteiger partial charge in [0, 0.05) is 12.1 Å². The SMILES string of the molecule is CCCC1CC(CC)N(C)C1CC. The Morgan fingerprint density at radius 1 is 1.15 bits per heavy atom. The Hall–Kier alpha value is -0.0400. The van der Waals surface area contributed by atoms with Crippen molar-refractivity contribution < 1.29 is 0 Å². The Balaban J connectivity index is 2.55. The van der Waals surface area contributed by atoms with E-state index < -0.39 is 0 Å². The van der Waals surface area contributed by atoms with E-state index in [-0.39, 0.29) is 0 Å². The normalized spacial score (nSPS) is 35.5. The van der Waals surface area contributed by atoms with Crippen LogP contribution in [0.1, 0.15) is 52.9 Å². The standard InChI is InChI=1S/C12H25N/c1-5-8-10-9-11(6-2)13(4)12(10)7-3/h10-12H,5-9H2,1-4H3. The highest BCUT2D eigenvalue weighted by Crippen LogP contribution is 2.34. The lowest BCUT2D eigenvalue weighted by molar-refractivity contribution is 0.211. The van der Waals surface area contributed by atoms with E-state index in [1.807, 2.05) is 0 Å². The number of hydrogen-bond donors (Lipinski definition) is 0. The van der Waals surface area contributed by atoms with Gasteiger partial charge in [-0.15, -0.1) is 0 Å². The molecule has 0 spiro atoms. The molecule has 78 valence electrons. The van der Waals surface area contributed by atoms with Crippen molar-refractivity contribution in [1.29, 1.82) is 0 Å². The molecule has 0 radical (unpaired) electrons. The van der Waals surface area contributed by atoms with Crippen LogP contribution in [0, 0.1) is 5.92 Å². The molecule has 0 aliphatic carbocycles. The first-order chi connectivity index (χ1) is 6.24. The molecule has 0 aromatic rings. The molecule has 0 amide bonds. The van der Waals surface area contributed by atoms with E-state index in [2.05, 4.69) is 32.7 Å². The molecule has 1 aliphatic heterocycles. The van der Waals surface area contributed by atoms with Gasteiger partial charge in [-0.3, -0.25) is 0 Å². The quantitative estimate of drug-likeness (QED) is 0.646. The Morgan fingerprint density at radius 3 is 2.31 bits per heavy atom. The first kappa shape index (κ1) is 11.0.